The molecule has 4 nitrogen and oxygen atoms in total. The van der Waals surface area contributed by atoms with Gasteiger partial charge < -0.3 is 9.67 Å². The molecule has 0 fully saturated rings. The van der Waals surface area contributed by atoms with Gasteiger partial charge in [-0.05, 0) is 30.3 Å². The van der Waals surface area contributed by atoms with Crippen molar-refractivity contribution in [3.05, 3.63) is 70.4 Å². The van der Waals surface area contributed by atoms with Crippen LogP contribution in [-0.2, 0) is 0 Å². The van der Waals surface area contributed by atoms with Crippen LogP contribution in [0.1, 0.15) is 11.1 Å². The number of fused-ring (bicyclic) bond motifs is 1. The number of nitrogens with zero attached hydrogens (tertiary/aromatic N) is 3. The van der Waals surface area contributed by atoms with Gasteiger partial charge in [-0.3, -0.25) is 0 Å². The van der Waals surface area contributed by atoms with Crippen molar-refractivity contribution in [3.63, 3.8) is 0 Å². The fourth-order valence-electron chi connectivity index (χ4n) is 3.05. The summed E-state index contributed by atoms with van der Waals surface area (Å²) >= 11 is 1.44. The Morgan fingerprint density at radius 2 is 1.68 bits per heavy atom. The van der Waals surface area contributed by atoms with E-state index in [1.54, 1.807) is 29.6 Å². The van der Waals surface area contributed by atoms with Crippen molar-refractivity contribution in [2.75, 3.05) is 0 Å². The van der Waals surface area contributed by atoms with Gasteiger partial charge in [0.05, 0.1) is 22.3 Å². The van der Waals surface area contributed by atoms with E-state index < -0.39 is 0 Å². The molecule has 0 atom stereocenters. The third kappa shape index (κ3) is 2.27. The van der Waals surface area contributed by atoms with Crippen LogP contribution >= 0.6 is 11.3 Å². The number of aromatic hydroxyl groups is 1. The molecule has 2 aromatic carbocycles. The molecule has 1 N–H and O–H groups in total. The third-order valence-corrected chi connectivity index (χ3v) is 4.88. The van der Waals surface area contributed by atoms with Crippen molar-refractivity contribution in [2.45, 2.75) is 0 Å². The Labute approximate surface area is 148 Å². The molecule has 0 bridgehead atoms. The fraction of sp³-hybridized carbons (Fsp3) is 0. The maximum atomic E-state index is 9.80. The number of rotatable bonds is 2. The summed E-state index contributed by atoms with van der Waals surface area (Å²) in [5.74, 6) is 0.176. The largest absolute Gasteiger partial charge is 0.508 e. The van der Waals surface area contributed by atoms with Crippen molar-refractivity contribution in [1.29, 1.82) is 10.5 Å². The predicted octanol–water partition coefficient (Wildman–Crippen LogP) is 4.81. The summed E-state index contributed by atoms with van der Waals surface area (Å²) in [7, 11) is 0. The lowest BCUT2D eigenvalue weighted by Crippen LogP contribution is -1.97. The minimum absolute atomic E-state index is 0.176. The highest BCUT2D eigenvalue weighted by Gasteiger charge is 2.22. The summed E-state index contributed by atoms with van der Waals surface area (Å²) in [6.45, 7) is 0. The summed E-state index contributed by atoms with van der Waals surface area (Å²) in [6, 6.07) is 19.0. The second kappa shape index (κ2) is 5.83. The third-order valence-electron chi connectivity index (χ3n) is 4.13. The second-order valence-electron chi connectivity index (χ2n) is 5.52. The van der Waals surface area contributed by atoms with Gasteiger partial charge in [0.25, 0.3) is 0 Å². The van der Waals surface area contributed by atoms with Crippen molar-refractivity contribution in [3.8, 4) is 34.8 Å². The number of para-hydroxylation sites is 1. The topological polar surface area (TPSA) is 72.7 Å². The second-order valence-corrected chi connectivity index (χ2v) is 6.26. The maximum absolute atomic E-state index is 9.80. The van der Waals surface area contributed by atoms with Crippen LogP contribution in [0.25, 0.3) is 27.8 Å². The number of hydrogen-bond acceptors (Lipinski definition) is 4. The average molecular weight is 341 g/mol. The summed E-state index contributed by atoms with van der Waals surface area (Å²) in [4.78, 5) is 0. The lowest BCUT2D eigenvalue weighted by Gasteiger charge is -2.11. The van der Waals surface area contributed by atoms with Crippen LogP contribution in [0.2, 0.25) is 0 Å². The minimum atomic E-state index is 0.176. The van der Waals surface area contributed by atoms with Crippen LogP contribution in [0.15, 0.2) is 59.3 Å². The van der Waals surface area contributed by atoms with Gasteiger partial charge in [0, 0.05) is 27.4 Å². The Balaban J connectivity index is 2.17. The van der Waals surface area contributed by atoms with Crippen LogP contribution in [0.3, 0.4) is 0 Å². The number of nitriles is 2. The molecule has 0 unspecified atom stereocenters. The minimum Gasteiger partial charge on any atom is -0.508 e. The molecule has 2 aromatic heterocycles. The van der Waals surface area contributed by atoms with Gasteiger partial charge in [0.15, 0.2) is 0 Å². The normalized spacial score (nSPS) is 10.5. The first-order valence-electron chi connectivity index (χ1n) is 7.54. The molecule has 118 valence electrons. The molecule has 0 aliphatic carbocycles. The van der Waals surface area contributed by atoms with Crippen LogP contribution in [-0.4, -0.2) is 9.67 Å². The monoisotopic (exact) mass is 341 g/mol. The lowest BCUT2D eigenvalue weighted by atomic mass is 10.1. The number of thiophene rings is 1. The number of aromatic nitrogens is 1. The molecule has 25 heavy (non-hydrogen) atoms. The van der Waals surface area contributed by atoms with E-state index in [0.717, 1.165) is 22.2 Å². The first kappa shape index (κ1) is 15.0. The lowest BCUT2D eigenvalue weighted by molar-refractivity contribution is 0.475. The number of benzene rings is 2. The van der Waals surface area contributed by atoms with E-state index >= 15 is 0 Å². The van der Waals surface area contributed by atoms with Gasteiger partial charge in [0.2, 0.25) is 0 Å². The van der Waals surface area contributed by atoms with Crippen LogP contribution in [0, 0.1) is 22.7 Å². The van der Waals surface area contributed by atoms with Gasteiger partial charge in [0.1, 0.15) is 17.9 Å². The standard InChI is InChI=1S/C20H11N3OS/c21-9-13-11-25-12-18(13)20-17(10-22)16-3-1-2-4-19(16)23(20)14-5-7-15(24)8-6-14/h1-8,11-12,24H. The quantitative estimate of drug-likeness (QED) is 0.569. The Morgan fingerprint density at radius 3 is 2.40 bits per heavy atom. The van der Waals surface area contributed by atoms with Crippen LogP contribution in [0.5, 0.6) is 5.75 Å². The number of phenolic OH excluding ortho intramolecular Hbond substituents is 1. The zero-order valence-corrected chi connectivity index (χ0v) is 13.8. The van der Waals surface area contributed by atoms with E-state index in [4.69, 9.17) is 0 Å². The molecule has 4 rings (SSSR count). The van der Waals surface area contributed by atoms with Crippen molar-refractivity contribution in [2.24, 2.45) is 0 Å². The molecular weight excluding hydrogens is 330 g/mol. The summed E-state index contributed by atoms with van der Waals surface area (Å²) < 4.78 is 1.97. The molecule has 0 amide bonds. The molecule has 0 aliphatic heterocycles. The highest BCUT2D eigenvalue weighted by Crippen LogP contribution is 2.38. The van der Waals surface area contributed by atoms with Gasteiger partial charge in [-0.25, -0.2) is 0 Å². The SMILES string of the molecule is N#Cc1cscc1-c1c(C#N)c2ccccc2n1-c1ccc(O)cc1. The van der Waals surface area contributed by atoms with Crippen LogP contribution in [0.4, 0.5) is 0 Å². The number of phenols is 1. The Morgan fingerprint density at radius 1 is 0.920 bits per heavy atom. The molecule has 4 aromatic rings. The van der Waals surface area contributed by atoms with Crippen LogP contribution < -0.4 is 0 Å². The predicted molar refractivity (Wildman–Crippen MR) is 97.7 cm³/mol. The zero-order chi connectivity index (χ0) is 17.4. The zero-order valence-electron chi connectivity index (χ0n) is 13.0. The van der Waals surface area contributed by atoms with Gasteiger partial charge in [-0.1, -0.05) is 18.2 Å². The van der Waals surface area contributed by atoms with Crippen molar-refractivity contribution >= 4 is 22.2 Å². The van der Waals surface area contributed by atoms with E-state index in [-0.39, 0.29) is 5.75 Å². The molecular formula is C20H11N3OS. The maximum Gasteiger partial charge on any atom is 0.115 e. The highest BCUT2D eigenvalue weighted by atomic mass is 32.1. The van der Waals surface area contributed by atoms with Gasteiger partial charge in [-0.2, -0.15) is 21.9 Å². The molecule has 2 heterocycles. The molecule has 0 aliphatic rings. The highest BCUT2D eigenvalue weighted by molar-refractivity contribution is 7.08. The van der Waals surface area contributed by atoms with E-state index in [1.807, 2.05) is 34.2 Å². The first-order valence-corrected chi connectivity index (χ1v) is 8.48. The van der Waals surface area contributed by atoms with Crippen molar-refractivity contribution < 1.29 is 5.11 Å². The van der Waals surface area contributed by atoms with E-state index in [0.29, 0.717) is 16.8 Å². The van der Waals surface area contributed by atoms with E-state index in [1.165, 1.54) is 11.3 Å². The van der Waals surface area contributed by atoms with Crippen molar-refractivity contribution in [1.82, 2.24) is 4.57 Å². The average Bonchev–Trinajstić information content (AvgIpc) is 3.23. The molecule has 5 heteroatoms. The first-order chi connectivity index (χ1) is 12.2. The molecule has 0 saturated carbocycles. The summed E-state index contributed by atoms with van der Waals surface area (Å²) in [5.41, 5.74) is 4.24. The Hall–Kier alpha value is -3.54. The Kier molecular flexibility index (Phi) is 3.50. The smallest absolute Gasteiger partial charge is 0.115 e. The van der Waals surface area contributed by atoms with Gasteiger partial charge >= 0.3 is 0 Å². The van der Waals surface area contributed by atoms with E-state index in [9.17, 15) is 15.6 Å². The fourth-order valence-corrected chi connectivity index (χ4v) is 3.80. The summed E-state index contributed by atoms with van der Waals surface area (Å²) in [5, 5.41) is 33.4. The molecule has 0 spiro atoms. The van der Waals surface area contributed by atoms with Gasteiger partial charge in [-0.15, -0.1) is 0 Å². The number of hydrogen-bond donors (Lipinski definition) is 1. The summed E-state index contributed by atoms with van der Waals surface area (Å²) in [6.07, 6.45) is 0. The molecule has 0 radical (unpaired) electrons. The van der Waals surface area contributed by atoms with E-state index in [2.05, 4.69) is 12.1 Å². The molecule has 0 saturated heterocycles. The Bertz CT molecular complexity index is 1170.